The highest BCUT2D eigenvalue weighted by Gasteiger charge is 2.18. The van der Waals surface area contributed by atoms with E-state index in [1.807, 2.05) is 28.4 Å². The largest absolute Gasteiger partial charge is 0.379 e. The van der Waals surface area contributed by atoms with Gasteiger partial charge in [0.05, 0.1) is 29.5 Å². The van der Waals surface area contributed by atoms with E-state index in [-0.39, 0.29) is 12.1 Å². The lowest BCUT2D eigenvalue weighted by Crippen LogP contribution is -2.18. The van der Waals surface area contributed by atoms with E-state index >= 15 is 0 Å². The van der Waals surface area contributed by atoms with Crippen LogP contribution in [0.5, 0.6) is 0 Å². The Balaban J connectivity index is 1.59. The van der Waals surface area contributed by atoms with Crippen molar-refractivity contribution >= 4 is 28.1 Å². The van der Waals surface area contributed by atoms with Gasteiger partial charge in [0.25, 0.3) is 0 Å². The van der Waals surface area contributed by atoms with Gasteiger partial charge in [0.1, 0.15) is 0 Å². The first-order valence-electron chi connectivity index (χ1n) is 6.05. The number of hydrogen-bond donors (Lipinski definition) is 2. The molecule has 2 aromatic heterocycles. The molecule has 2 aromatic rings. The third-order valence-corrected chi connectivity index (χ3v) is 3.68. The number of rotatable bonds is 3. The third-order valence-electron chi connectivity index (χ3n) is 2.90. The maximum Gasteiger partial charge on any atom is 0.324 e. The van der Waals surface area contributed by atoms with Gasteiger partial charge in [0.15, 0.2) is 0 Å². The molecule has 0 spiro atoms. The number of amides is 2. The van der Waals surface area contributed by atoms with Crippen LogP contribution in [0, 0.1) is 0 Å². The minimum Gasteiger partial charge on any atom is -0.379 e. The number of carbonyl (C=O) groups excluding carboxylic acids is 1. The summed E-state index contributed by atoms with van der Waals surface area (Å²) in [5.41, 5.74) is 0.681. The predicted octanol–water partition coefficient (Wildman–Crippen LogP) is 2.55. The van der Waals surface area contributed by atoms with Gasteiger partial charge in [-0.2, -0.15) is 5.10 Å². The van der Waals surface area contributed by atoms with Crippen molar-refractivity contribution in [3.8, 4) is 0 Å². The second kappa shape index (κ2) is 5.41. The second-order valence-corrected chi connectivity index (χ2v) is 5.23. The lowest BCUT2D eigenvalue weighted by molar-refractivity contribution is 0.184. The Morgan fingerprint density at radius 1 is 1.53 bits per heavy atom. The quantitative estimate of drug-likeness (QED) is 0.906. The van der Waals surface area contributed by atoms with E-state index in [0.29, 0.717) is 12.3 Å². The highest BCUT2D eigenvalue weighted by atomic mass is 32.1. The van der Waals surface area contributed by atoms with Crippen LogP contribution in [0.4, 0.5) is 15.5 Å². The van der Waals surface area contributed by atoms with Crippen LogP contribution in [0.3, 0.4) is 0 Å². The molecular weight excluding hydrogens is 264 g/mol. The number of aromatic nitrogens is 2. The number of thiophene rings is 1. The van der Waals surface area contributed by atoms with Crippen molar-refractivity contribution in [2.75, 3.05) is 23.8 Å². The molecule has 1 aliphatic rings. The Bertz CT molecular complexity index is 546. The molecule has 1 unspecified atom stereocenters. The standard InChI is InChI=1S/C12H14N4O2S/c17-12(15-11-2-1-5-19-11)14-9-6-13-16(7-9)10-3-4-18-8-10/h1-2,5-7,10H,3-4,8H2,(H2,14,15,17). The fourth-order valence-corrected chi connectivity index (χ4v) is 2.57. The molecule has 1 fully saturated rings. The average molecular weight is 278 g/mol. The Morgan fingerprint density at radius 3 is 3.21 bits per heavy atom. The molecular formula is C12H14N4O2S. The Labute approximate surface area is 114 Å². The molecule has 100 valence electrons. The zero-order valence-corrected chi connectivity index (χ0v) is 11.0. The second-order valence-electron chi connectivity index (χ2n) is 4.28. The van der Waals surface area contributed by atoms with E-state index in [2.05, 4.69) is 15.7 Å². The van der Waals surface area contributed by atoms with Crippen LogP contribution in [-0.2, 0) is 4.74 Å². The first-order valence-corrected chi connectivity index (χ1v) is 6.92. The zero-order valence-electron chi connectivity index (χ0n) is 10.2. The van der Waals surface area contributed by atoms with Crippen LogP contribution < -0.4 is 10.6 Å². The number of urea groups is 1. The SMILES string of the molecule is O=C(Nc1cnn(C2CCOC2)c1)Nc1cccs1. The fraction of sp³-hybridized carbons (Fsp3) is 0.333. The maximum absolute atomic E-state index is 11.7. The molecule has 0 aromatic carbocycles. The van der Waals surface area contributed by atoms with Gasteiger partial charge in [-0.3, -0.25) is 10.00 Å². The molecule has 0 aliphatic carbocycles. The van der Waals surface area contributed by atoms with Crippen molar-refractivity contribution in [2.24, 2.45) is 0 Å². The van der Waals surface area contributed by atoms with E-state index in [1.165, 1.54) is 11.3 Å². The Hall–Kier alpha value is -1.86. The molecule has 3 heterocycles. The lowest BCUT2D eigenvalue weighted by Gasteiger charge is -2.07. The van der Waals surface area contributed by atoms with E-state index < -0.39 is 0 Å². The average Bonchev–Trinajstić information content (AvgIpc) is 3.09. The summed E-state index contributed by atoms with van der Waals surface area (Å²) in [5, 5.41) is 12.5. The van der Waals surface area contributed by atoms with Crippen LogP contribution >= 0.6 is 11.3 Å². The normalized spacial score (nSPS) is 18.4. The van der Waals surface area contributed by atoms with Crippen LogP contribution in [-0.4, -0.2) is 29.0 Å². The molecule has 0 bridgehead atoms. The summed E-state index contributed by atoms with van der Waals surface area (Å²) in [4.78, 5) is 11.7. The number of anilines is 2. The summed E-state index contributed by atoms with van der Waals surface area (Å²) < 4.78 is 7.15. The van der Waals surface area contributed by atoms with Gasteiger partial charge in [0, 0.05) is 12.8 Å². The Kier molecular flexibility index (Phi) is 3.47. The summed E-state index contributed by atoms with van der Waals surface area (Å²) in [5.74, 6) is 0. The highest BCUT2D eigenvalue weighted by Crippen LogP contribution is 2.20. The molecule has 1 aliphatic heterocycles. The van der Waals surface area contributed by atoms with E-state index in [0.717, 1.165) is 18.0 Å². The molecule has 2 N–H and O–H groups in total. The van der Waals surface area contributed by atoms with Gasteiger partial charge < -0.3 is 10.1 Å². The number of carbonyl (C=O) groups is 1. The molecule has 2 amide bonds. The van der Waals surface area contributed by atoms with Crippen LogP contribution in [0.1, 0.15) is 12.5 Å². The van der Waals surface area contributed by atoms with Gasteiger partial charge in [-0.1, -0.05) is 0 Å². The van der Waals surface area contributed by atoms with Crippen molar-refractivity contribution < 1.29 is 9.53 Å². The van der Waals surface area contributed by atoms with Crippen molar-refractivity contribution in [3.63, 3.8) is 0 Å². The number of nitrogens with zero attached hydrogens (tertiary/aromatic N) is 2. The molecule has 1 saturated heterocycles. The smallest absolute Gasteiger partial charge is 0.324 e. The molecule has 0 radical (unpaired) electrons. The first kappa shape index (κ1) is 12.2. The van der Waals surface area contributed by atoms with Gasteiger partial charge in [0.2, 0.25) is 0 Å². The van der Waals surface area contributed by atoms with E-state index in [4.69, 9.17) is 4.74 Å². The van der Waals surface area contributed by atoms with Crippen molar-refractivity contribution in [3.05, 3.63) is 29.9 Å². The molecule has 1 atom stereocenters. The van der Waals surface area contributed by atoms with Crippen LogP contribution in [0.25, 0.3) is 0 Å². The minimum absolute atomic E-state index is 0.260. The van der Waals surface area contributed by atoms with Gasteiger partial charge in [-0.15, -0.1) is 11.3 Å². The fourth-order valence-electron chi connectivity index (χ4n) is 1.96. The summed E-state index contributed by atoms with van der Waals surface area (Å²) in [6.07, 6.45) is 4.43. The molecule has 6 nitrogen and oxygen atoms in total. The van der Waals surface area contributed by atoms with Crippen molar-refractivity contribution in [1.82, 2.24) is 9.78 Å². The van der Waals surface area contributed by atoms with E-state index in [9.17, 15) is 4.79 Å². The number of nitrogens with one attached hydrogen (secondary N) is 2. The molecule has 0 saturated carbocycles. The zero-order chi connectivity index (χ0) is 13.1. The Morgan fingerprint density at radius 2 is 2.47 bits per heavy atom. The maximum atomic E-state index is 11.7. The molecule has 19 heavy (non-hydrogen) atoms. The summed E-state index contributed by atoms with van der Waals surface area (Å²) >= 11 is 1.48. The molecule has 7 heteroatoms. The van der Waals surface area contributed by atoms with Gasteiger partial charge in [-0.05, 0) is 23.9 Å². The minimum atomic E-state index is -0.260. The lowest BCUT2D eigenvalue weighted by atomic mass is 10.3. The first-order chi connectivity index (χ1) is 9.31. The van der Waals surface area contributed by atoms with Gasteiger partial charge >= 0.3 is 6.03 Å². The highest BCUT2D eigenvalue weighted by molar-refractivity contribution is 7.14. The van der Waals surface area contributed by atoms with Gasteiger partial charge in [-0.25, -0.2) is 4.79 Å². The number of hydrogen-bond acceptors (Lipinski definition) is 4. The summed E-state index contributed by atoms with van der Waals surface area (Å²) in [7, 11) is 0. The molecule has 3 rings (SSSR count). The monoisotopic (exact) mass is 278 g/mol. The third kappa shape index (κ3) is 2.94. The van der Waals surface area contributed by atoms with Crippen molar-refractivity contribution in [1.29, 1.82) is 0 Å². The van der Waals surface area contributed by atoms with E-state index in [1.54, 1.807) is 6.20 Å². The summed E-state index contributed by atoms with van der Waals surface area (Å²) in [6.45, 7) is 1.45. The predicted molar refractivity (Wildman–Crippen MR) is 73.7 cm³/mol. The van der Waals surface area contributed by atoms with Crippen LogP contribution in [0.15, 0.2) is 29.9 Å². The topological polar surface area (TPSA) is 68.2 Å². The number of ether oxygens (including phenoxy) is 1. The van der Waals surface area contributed by atoms with Crippen molar-refractivity contribution in [2.45, 2.75) is 12.5 Å². The van der Waals surface area contributed by atoms with Crippen LogP contribution in [0.2, 0.25) is 0 Å². The summed E-state index contributed by atoms with van der Waals surface area (Å²) in [6, 6.07) is 3.75.